The molecule has 0 radical (unpaired) electrons. The summed E-state index contributed by atoms with van der Waals surface area (Å²) in [6.45, 7) is 0.586. The van der Waals surface area contributed by atoms with Crippen LogP contribution in [0.25, 0.3) is 0 Å². The topological polar surface area (TPSA) is 154 Å². The average Bonchev–Trinajstić information content (AvgIpc) is 2.78. The Hall–Kier alpha value is -1.47. The average molecular weight is 352 g/mol. The predicted molar refractivity (Wildman–Crippen MR) is 83.0 cm³/mol. The molecule has 0 saturated carbocycles. The van der Waals surface area contributed by atoms with Crippen molar-refractivity contribution < 1.29 is 18.3 Å². The summed E-state index contributed by atoms with van der Waals surface area (Å²) < 4.78 is 28.4. The zero-order valence-electron chi connectivity index (χ0n) is 12.2. The standard InChI is InChI=1S/C10H20N6O4S2/c1-16(2)4-7-6-21-10(14-7)20-5-8(17)3-13-9(11)15-22(12,18)19/h6,8,17H,3-5H2,1-2H3,(H3,11,13,15)(H2,12,18,19). The summed E-state index contributed by atoms with van der Waals surface area (Å²) >= 11 is 1.32. The van der Waals surface area contributed by atoms with E-state index in [1.54, 1.807) is 4.72 Å². The highest BCUT2D eigenvalue weighted by atomic mass is 32.2. The lowest BCUT2D eigenvalue weighted by Gasteiger charge is -2.13. The fraction of sp³-hybridized carbons (Fsp3) is 0.600. The Kier molecular flexibility index (Phi) is 6.96. The number of hydrogen-bond acceptors (Lipinski definition) is 8. The molecule has 126 valence electrons. The molecule has 1 atom stereocenters. The van der Waals surface area contributed by atoms with Crippen LogP contribution in [-0.4, -0.2) is 62.7 Å². The van der Waals surface area contributed by atoms with Gasteiger partial charge in [-0.3, -0.25) is 5.41 Å². The maximum Gasteiger partial charge on any atom is 0.298 e. The van der Waals surface area contributed by atoms with Crippen molar-refractivity contribution in [3.05, 3.63) is 11.1 Å². The van der Waals surface area contributed by atoms with Crippen LogP contribution in [0.3, 0.4) is 0 Å². The summed E-state index contributed by atoms with van der Waals surface area (Å²) in [5, 5.41) is 26.3. The fourth-order valence-electron chi connectivity index (χ4n) is 1.38. The minimum atomic E-state index is -4.00. The minimum Gasteiger partial charge on any atom is -0.467 e. The molecule has 0 aliphatic carbocycles. The van der Waals surface area contributed by atoms with Crippen molar-refractivity contribution in [3.63, 3.8) is 0 Å². The smallest absolute Gasteiger partial charge is 0.298 e. The third kappa shape index (κ3) is 8.09. The molecule has 0 bridgehead atoms. The van der Waals surface area contributed by atoms with E-state index < -0.39 is 22.3 Å². The van der Waals surface area contributed by atoms with Crippen LogP contribution in [-0.2, 0) is 16.8 Å². The molecule has 6 N–H and O–H groups in total. The molecule has 22 heavy (non-hydrogen) atoms. The van der Waals surface area contributed by atoms with Gasteiger partial charge >= 0.3 is 0 Å². The molecule has 1 aromatic rings. The van der Waals surface area contributed by atoms with Crippen LogP contribution in [0.2, 0.25) is 0 Å². The second kappa shape index (κ2) is 8.24. The molecule has 0 spiro atoms. The Morgan fingerprint density at radius 1 is 1.64 bits per heavy atom. The lowest BCUT2D eigenvalue weighted by molar-refractivity contribution is 0.110. The number of nitrogens with zero attached hydrogens (tertiary/aromatic N) is 2. The number of nitrogens with two attached hydrogens (primary N) is 1. The maximum absolute atomic E-state index is 10.7. The molecule has 0 aromatic carbocycles. The molecular weight excluding hydrogens is 332 g/mol. The number of ether oxygens (including phenoxy) is 1. The highest BCUT2D eigenvalue weighted by Crippen LogP contribution is 2.18. The fourth-order valence-corrected chi connectivity index (χ4v) is 2.40. The van der Waals surface area contributed by atoms with E-state index in [1.165, 1.54) is 11.3 Å². The largest absolute Gasteiger partial charge is 0.467 e. The van der Waals surface area contributed by atoms with E-state index >= 15 is 0 Å². The van der Waals surface area contributed by atoms with Crippen molar-refractivity contribution in [2.24, 2.45) is 5.14 Å². The first kappa shape index (κ1) is 18.6. The van der Waals surface area contributed by atoms with E-state index in [0.29, 0.717) is 11.7 Å². The summed E-state index contributed by atoms with van der Waals surface area (Å²) in [7, 11) is -0.135. The summed E-state index contributed by atoms with van der Waals surface area (Å²) in [6.07, 6.45) is -0.941. The van der Waals surface area contributed by atoms with Gasteiger partial charge in [-0.25, -0.2) is 14.8 Å². The second-order valence-corrected chi connectivity index (χ2v) is 6.83. The van der Waals surface area contributed by atoms with E-state index in [4.69, 9.17) is 15.3 Å². The van der Waals surface area contributed by atoms with Gasteiger partial charge in [-0.1, -0.05) is 11.3 Å². The molecule has 1 aromatic heterocycles. The Balaban J connectivity index is 2.29. The Labute approximate surface area is 133 Å². The molecule has 0 aliphatic rings. The molecular formula is C10H20N6O4S2. The SMILES string of the molecule is CN(C)Cc1csc(OCC(O)CNC(=N)NS(N)(=O)=O)n1. The third-order valence-electron chi connectivity index (χ3n) is 2.17. The van der Waals surface area contributed by atoms with E-state index in [2.05, 4.69) is 10.3 Å². The van der Waals surface area contributed by atoms with Crippen molar-refractivity contribution in [2.75, 3.05) is 27.2 Å². The van der Waals surface area contributed by atoms with Crippen LogP contribution in [0.15, 0.2) is 5.38 Å². The molecule has 0 aliphatic heterocycles. The van der Waals surface area contributed by atoms with Gasteiger partial charge in [0.05, 0.1) is 5.69 Å². The first-order valence-corrected chi connectivity index (χ1v) is 8.61. The van der Waals surface area contributed by atoms with Crippen LogP contribution in [0, 0.1) is 5.41 Å². The predicted octanol–water partition coefficient (Wildman–Crippen LogP) is -1.74. The zero-order valence-corrected chi connectivity index (χ0v) is 13.9. The van der Waals surface area contributed by atoms with Crippen molar-refractivity contribution in [1.82, 2.24) is 19.9 Å². The first-order chi connectivity index (χ1) is 10.2. The van der Waals surface area contributed by atoms with E-state index in [-0.39, 0.29) is 13.2 Å². The molecule has 10 nitrogen and oxygen atoms in total. The van der Waals surface area contributed by atoms with Crippen molar-refractivity contribution in [2.45, 2.75) is 12.6 Å². The van der Waals surface area contributed by atoms with Gasteiger partial charge in [-0.05, 0) is 14.1 Å². The summed E-state index contributed by atoms with van der Waals surface area (Å²) in [6, 6.07) is 0. The van der Waals surface area contributed by atoms with Crippen LogP contribution in [0.4, 0.5) is 0 Å². The van der Waals surface area contributed by atoms with Gasteiger partial charge in [0.1, 0.15) is 12.7 Å². The number of thiazole rings is 1. The van der Waals surface area contributed by atoms with Crippen molar-refractivity contribution in [3.8, 4) is 5.19 Å². The van der Waals surface area contributed by atoms with Crippen molar-refractivity contribution in [1.29, 1.82) is 5.41 Å². The number of aliphatic hydroxyl groups excluding tert-OH is 1. The van der Waals surface area contributed by atoms with Gasteiger partial charge in [-0.15, -0.1) is 0 Å². The van der Waals surface area contributed by atoms with E-state index in [1.807, 2.05) is 24.4 Å². The van der Waals surface area contributed by atoms with Gasteiger partial charge in [0.2, 0.25) is 5.96 Å². The number of hydrogen-bond donors (Lipinski definition) is 5. The molecule has 1 rings (SSSR count). The second-order valence-electron chi connectivity index (χ2n) is 4.71. The van der Waals surface area contributed by atoms with E-state index in [9.17, 15) is 13.5 Å². The Morgan fingerprint density at radius 3 is 2.91 bits per heavy atom. The number of aromatic nitrogens is 1. The molecule has 1 unspecified atom stereocenters. The van der Waals surface area contributed by atoms with Crippen LogP contribution in [0.1, 0.15) is 5.69 Å². The maximum atomic E-state index is 10.7. The minimum absolute atomic E-state index is 0.0371. The molecule has 0 amide bonds. The number of aliphatic hydroxyl groups is 1. The first-order valence-electron chi connectivity index (χ1n) is 6.18. The molecule has 0 fully saturated rings. The van der Waals surface area contributed by atoms with Gasteiger partial charge < -0.3 is 20.1 Å². The van der Waals surface area contributed by atoms with E-state index in [0.717, 1.165) is 5.69 Å². The number of guanidine groups is 1. The van der Waals surface area contributed by atoms with Crippen LogP contribution in [0.5, 0.6) is 5.19 Å². The summed E-state index contributed by atoms with van der Waals surface area (Å²) in [5.41, 5.74) is 0.872. The summed E-state index contributed by atoms with van der Waals surface area (Å²) in [4.78, 5) is 6.21. The molecule has 12 heteroatoms. The summed E-state index contributed by atoms with van der Waals surface area (Å²) in [5.74, 6) is -0.524. The Morgan fingerprint density at radius 2 is 2.32 bits per heavy atom. The number of rotatable bonds is 8. The van der Waals surface area contributed by atoms with Gasteiger partial charge in [0.15, 0.2) is 0 Å². The van der Waals surface area contributed by atoms with Gasteiger partial charge in [0.25, 0.3) is 15.4 Å². The zero-order chi connectivity index (χ0) is 16.8. The molecule has 0 saturated heterocycles. The number of nitrogens with one attached hydrogen (secondary N) is 3. The third-order valence-corrected chi connectivity index (χ3v) is 3.46. The normalized spacial score (nSPS) is 13.0. The monoisotopic (exact) mass is 352 g/mol. The lowest BCUT2D eigenvalue weighted by atomic mass is 10.4. The van der Waals surface area contributed by atoms with Crippen LogP contribution >= 0.6 is 11.3 Å². The van der Waals surface area contributed by atoms with Crippen LogP contribution < -0.4 is 19.9 Å². The quantitative estimate of drug-likeness (QED) is 0.275. The van der Waals surface area contributed by atoms with Crippen molar-refractivity contribution >= 4 is 27.5 Å². The van der Waals surface area contributed by atoms with Gasteiger partial charge in [0, 0.05) is 18.5 Å². The lowest BCUT2D eigenvalue weighted by Crippen LogP contribution is -2.46. The van der Waals surface area contributed by atoms with Gasteiger partial charge in [-0.2, -0.15) is 8.42 Å². The molecule has 1 heterocycles. The Bertz CT molecular complexity index is 588. The highest BCUT2D eigenvalue weighted by Gasteiger charge is 2.10. The highest BCUT2D eigenvalue weighted by molar-refractivity contribution is 7.87.